The first-order valence-electron chi connectivity index (χ1n) is 5.94. The summed E-state index contributed by atoms with van der Waals surface area (Å²) in [5, 5.41) is -0.983. The van der Waals surface area contributed by atoms with Crippen LogP contribution in [0.1, 0.15) is 35.5 Å². The molecule has 4 unspecified atom stereocenters. The largest absolute Gasteiger partial charge is 0.443 e. The lowest BCUT2D eigenvalue weighted by Gasteiger charge is -2.15. The van der Waals surface area contributed by atoms with Gasteiger partial charge in [0.25, 0.3) is 0 Å². The fraction of sp³-hybridized carbons (Fsp3) is 0.667. The second-order valence-corrected chi connectivity index (χ2v) is 5.85. The van der Waals surface area contributed by atoms with Crippen molar-refractivity contribution in [1.82, 2.24) is 4.98 Å². The molecule has 0 aliphatic carbocycles. The predicted octanol–water partition coefficient (Wildman–Crippen LogP) is 3.40. The van der Waals surface area contributed by atoms with Crippen molar-refractivity contribution < 1.29 is 22.7 Å². The van der Waals surface area contributed by atoms with Crippen LogP contribution in [0.5, 0.6) is 0 Å². The number of hydrogen-bond acceptors (Lipinski definition) is 4. The van der Waals surface area contributed by atoms with Gasteiger partial charge in [-0.15, -0.1) is 11.3 Å². The molecule has 0 N–H and O–H groups in total. The standard InChI is InChI=1S/C12H14F3NO2S/c1-5-6(2)18-7(3)9(5)10(17)8-4-16-11(19-8)12(13,14)15/h4-7,9H,1-3H3. The second-order valence-electron chi connectivity index (χ2n) is 4.82. The van der Waals surface area contributed by atoms with Crippen molar-refractivity contribution in [1.29, 1.82) is 0 Å². The average Bonchev–Trinajstić information content (AvgIpc) is 2.84. The highest BCUT2D eigenvalue weighted by Gasteiger charge is 2.43. The van der Waals surface area contributed by atoms with E-state index < -0.39 is 17.1 Å². The number of hydrogen-bond donors (Lipinski definition) is 0. The Morgan fingerprint density at radius 2 is 1.95 bits per heavy atom. The van der Waals surface area contributed by atoms with Crippen LogP contribution in [0.2, 0.25) is 0 Å². The van der Waals surface area contributed by atoms with E-state index in [1.165, 1.54) is 0 Å². The van der Waals surface area contributed by atoms with Gasteiger partial charge < -0.3 is 4.74 Å². The van der Waals surface area contributed by atoms with E-state index in [1.54, 1.807) is 6.92 Å². The summed E-state index contributed by atoms with van der Waals surface area (Å²) in [4.78, 5) is 15.6. The number of aromatic nitrogens is 1. The van der Waals surface area contributed by atoms with Crippen molar-refractivity contribution in [2.24, 2.45) is 11.8 Å². The molecule has 3 nitrogen and oxygen atoms in total. The van der Waals surface area contributed by atoms with Crippen LogP contribution in [0.3, 0.4) is 0 Å². The summed E-state index contributed by atoms with van der Waals surface area (Å²) in [6.45, 7) is 5.51. The molecule has 1 fully saturated rings. The van der Waals surface area contributed by atoms with Crippen molar-refractivity contribution in [2.45, 2.75) is 39.2 Å². The van der Waals surface area contributed by atoms with Gasteiger partial charge in [0.1, 0.15) is 0 Å². The van der Waals surface area contributed by atoms with Crippen molar-refractivity contribution in [3.05, 3.63) is 16.1 Å². The lowest BCUT2D eigenvalue weighted by Crippen LogP contribution is -2.26. The Morgan fingerprint density at radius 3 is 2.37 bits per heavy atom. The maximum atomic E-state index is 12.5. The summed E-state index contributed by atoms with van der Waals surface area (Å²) in [6, 6.07) is 0. The first-order chi connectivity index (χ1) is 8.71. The zero-order valence-corrected chi connectivity index (χ0v) is 11.5. The summed E-state index contributed by atoms with van der Waals surface area (Å²) in [5.74, 6) is -0.729. The van der Waals surface area contributed by atoms with Crippen LogP contribution in [-0.2, 0) is 10.9 Å². The van der Waals surface area contributed by atoms with Gasteiger partial charge in [0.15, 0.2) is 10.8 Å². The lowest BCUT2D eigenvalue weighted by atomic mass is 9.86. The third-order valence-corrected chi connectivity index (χ3v) is 4.59. The zero-order valence-electron chi connectivity index (χ0n) is 10.7. The zero-order chi connectivity index (χ0) is 14.4. The van der Waals surface area contributed by atoms with E-state index in [9.17, 15) is 18.0 Å². The topological polar surface area (TPSA) is 39.2 Å². The average molecular weight is 293 g/mol. The number of carbonyl (C=O) groups excluding carboxylic acids is 1. The molecule has 1 aliphatic heterocycles. The summed E-state index contributed by atoms with van der Waals surface area (Å²) < 4.78 is 43.0. The minimum atomic E-state index is -4.50. The molecule has 1 aliphatic rings. The van der Waals surface area contributed by atoms with Gasteiger partial charge in [0, 0.05) is 6.20 Å². The molecule has 106 valence electrons. The number of thiazole rings is 1. The van der Waals surface area contributed by atoms with Crippen molar-refractivity contribution in [3.63, 3.8) is 0 Å². The van der Waals surface area contributed by atoms with Gasteiger partial charge in [-0.05, 0) is 19.8 Å². The Bertz CT molecular complexity index is 486. The molecule has 0 spiro atoms. The summed E-state index contributed by atoms with van der Waals surface area (Å²) in [6.07, 6.45) is -3.84. The predicted molar refractivity (Wildman–Crippen MR) is 64.1 cm³/mol. The first-order valence-corrected chi connectivity index (χ1v) is 6.76. The fourth-order valence-electron chi connectivity index (χ4n) is 2.40. The highest BCUT2D eigenvalue weighted by molar-refractivity contribution is 7.13. The van der Waals surface area contributed by atoms with Gasteiger partial charge in [-0.1, -0.05) is 6.92 Å². The number of nitrogens with zero attached hydrogens (tertiary/aromatic N) is 1. The van der Waals surface area contributed by atoms with Gasteiger partial charge in [-0.2, -0.15) is 13.2 Å². The Balaban J connectivity index is 2.23. The number of halogens is 3. The van der Waals surface area contributed by atoms with Gasteiger partial charge in [-0.3, -0.25) is 4.79 Å². The maximum absolute atomic E-state index is 12.5. The van der Waals surface area contributed by atoms with Crippen LogP contribution in [0.4, 0.5) is 13.2 Å². The number of ether oxygens (including phenoxy) is 1. The molecule has 1 saturated heterocycles. The number of rotatable bonds is 2. The Hall–Kier alpha value is -0.950. The van der Waals surface area contributed by atoms with Crippen LogP contribution >= 0.6 is 11.3 Å². The minimum absolute atomic E-state index is 0.0149. The molecule has 7 heteroatoms. The van der Waals surface area contributed by atoms with Gasteiger partial charge >= 0.3 is 6.18 Å². The molecular weight excluding hydrogens is 279 g/mol. The van der Waals surface area contributed by atoms with Crippen LogP contribution in [0.25, 0.3) is 0 Å². The number of alkyl halides is 3. The highest BCUT2D eigenvalue weighted by atomic mass is 32.1. The van der Waals surface area contributed by atoms with E-state index in [1.807, 2.05) is 13.8 Å². The van der Waals surface area contributed by atoms with E-state index in [4.69, 9.17) is 4.74 Å². The summed E-state index contributed by atoms with van der Waals surface area (Å²) in [5.41, 5.74) is 0. The van der Waals surface area contributed by atoms with E-state index in [-0.39, 0.29) is 28.8 Å². The molecule has 2 heterocycles. The second kappa shape index (κ2) is 4.86. The van der Waals surface area contributed by atoms with Gasteiger partial charge in [0.05, 0.1) is 23.0 Å². The third kappa shape index (κ3) is 2.67. The number of carbonyl (C=O) groups is 1. The van der Waals surface area contributed by atoms with Gasteiger partial charge in [-0.25, -0.2) is 4.98 Å². The smallest absolute Gasteiger partial charge is 0.374 e. The molecule has 2 rings (SSSR count). The van der Waals surface area contributed by atoms with Crippen LogP contribution in [-0.4, -0.2) is 23.0 Å². The number of Topliss-reactive ketones (excluding diaryl/α,β-unsaturated/α-hetero) is 1. The normalized spacial score (nSPS) is 31.7. The van der Waals surface area contributed by atoms with Crippen LogP contribution < -0.4 is 0 Å². The molecule has 0 aromatic carbocycles. The maximum Gasteiger partial charge on any atom is 0.443 e. The van der Waals surface area contributed by atoms with Crippen molar-refractivity contribution in [3.8, 4) is 0 Å². The van der Waals surface area contributed by atoms with Gasteiger partial charge in [0.2, 0.25) is 0 Å². The molecule has 1 aromatic heterocycles. The van der Waals surface area contributed by atoms with Crippen LogP contribution in [0.15, 0.2) is 6.20 Å². The molecule has 0 bridgehead atoms. The molecule has 0 radical (unpaired) electrons. The quantitative estimate of drug-likeness (QED) is 0.784. The summed E-state index contributed by atoms with van der Waals surface area (Å²) >= 11 is 0.399. The highest BCUT2D eigenvalue weighted by Crippen LogP contribution is 2.37. The van der Waals surface area contributed by atoms with E-state index >= 15 is 0 Å². The lowest BCUT2D eigenvalue weighted by molar-refractivity contribution is -0.137. The minimum Gasteiger partial charge on any atom is -0.374 e. The van der Waals surface area contributed by atoms with E-state index in [0.717, 1.165) is 6.20 Å². The van der Waals surface area contributed by atoms with Crippen LogP contribution in [0, 0.1) is 11.8 Å². The first kappa shape index (κ1) is 14.5. The third-order valence-electron chi connectivity index (χ3n) is 3.54. The fourth-order valence-corrected chi connectivity index (χ4v) is 3.17. The molecule has 19 heavy (non-hydrogen) atoms. The van der Waals surface area contributed by atoms with E-state index in [2.05, 4.69) is 4.98 Å². The SMILES string of the molecule is CC1OC(C)C(C(=O)c2cnc(C(F)(F)F)s2)C1C. The summed E-state index contributed by atoms with van der Waals surface area (Å²) in [7, 11) is 0. The van der Waals surface area contributed by atoms with Crippen molar-refractivity contribution in [2.75, 3.05) is 0 Å². The Labute approximate surface area is 112 Å². The number of ketones is 1. The molecule has 0 amide bonds. The Kier molecular flexibility index (Phi) is 3.70. The molecule has 4 atom stereocenters. The van der Waals surface area contributed by atoms with E-state index in [0.29, 0.717) is 11.3 Å². The monoisotopic (exact) mass is 293 g/mol. The molecule has 1 aromatic rings. The Morgan fingerprint density at radius 1 is 1.32 bits per heavy atom. The van der Waals surface area contributed by atoms with Crippen molar-refractivity contribution >= 4 is 17.1 Å². The molecular formula is C12H14F3NO2S. The molecule has 0 saturated carbocycles.